The highest BCUT2D eigenvalue weighted by atomic mass is 79.9. The zero-order chi connectivity index (χ0) is 14.9. The van der Waals surface area contributed by atoms with E-state index in [4.69, 9.17) is 0 Å². The molecule has 0 spiro atoms. The molecule has 0 bridgehead atoms. The zero-order valence-electron chi connectivity index (χ0n) is 11.2. The van der Waals surface area contributed by atoms with Crippen molar-refractivity contribution in [3.63, 3.8) is 0 Å². The molecule has 0 saturated heterocycles. The normalized spacial score (nSPS) is 12.7. The number of benzene rings is 1. The predicted octanol–water partition coefficient (Wildman–Crippen LogP) is 4.78. The molecule has 3 nitrogen and oxygen atoms in total. The second kappa shape index (κ2) is 6.73. The fourth-order valence-electron chi connectivity index (χ4n) is 2.08. The lowest BCUT2D eigenvalue weighted by molar-refractivity contribution is 0.175. The van der Waals surface area contributed by atoms with Crippen LogP contribution in [-0.2, 0) is 13.0 Å². The molecule has 0 fully saturated rings. The molecule has 2 aromatic rings. The second-order valence-electron chi connectivity index (χ2n) is 4.56. The Hall–Kier alpha value is -0.170. The second-order valence-corrected chi connectivity index (χ2v) is 7.06. The number of aromatic nitrogens is 2. The number of halogens is 3. The van der Waals surface area contributed by atoms with E-state index in [1.54, 1.807) is 0 Å². The fourth-order valence-corrected chi connectivity index (χ4v) is 3.17. The van der Waals surface area contributed by atoms with E-state index in [-0.39, 0.29) is 0 Å². The largest absolute Gasteiger partial charge is 0.388 e. The maximum Gasteiger partial charge on any atom is 0.0846 e. The molecule has 1 atom stereocenters. The van der Waals surface area contributed by atoms with Crippen molar-refractivity contribution in [1.82, 2.24) is 9.78 Å². The van der Waals surface area contributed by atoms with Crippen LogP contribution in [0, 0.1) is 6.92 Å². The Balaban J connectivity index is 2.27. The molecular formula is C14H15Br3N2O. The number of aryl methyl sites for hydroxylation is 2. The third-order valence-corrected chi connectivity index (χ3v) is 6.08. The van der Waals surface area contributed by atoms with Crippen LogP contribution in [0.3, 0.4) is 0 Å². The number of hydrogen-bond acceptors (Lipinski definition) is 2. The van der Waals surface area contributed by atoms with Gasteiger partial charge in [-0.25, -0.2) is 0 Å². The lowest BCUT2D eigenvalue weighted by atomic mass is 10.0. The van der Waals surface area contributed by atoms with Crippen molar-refractivity contribution in [3.8, 4) is 0 Å². The Morgan fingerprint density at radius 2 is 1.95 bits per heavy atom. The van der Waals surface area contributed by atoms with E-state index >= 15 is 0 Å². The van der Waals surface area contributed by atoms with Crippen molar-refractivity contribution in [2.45, 2.75) is 32.9 Å². The summed E-state index contributed by atoms with van der Waals surface area (Å²) >= 11 is 10.5. The molecule has 1 unspecified atom stereocenters. The Kier molecular flexibility index (Phi) is 5.45. The topological polar surface area (TPSA) is 38.0 Å². The maximum atomic E-state index is 10.4. The Morgan fingerprint density at radius 1 is 1.25 bits per heavy atom. The summed E-state index contributed by atoms with van der Waals surface area (Å²) < 4.78 is 4.82. The van der Waals surface area contributed by atoms with Gasteiger partial charge < -0.3 is 5.11 Å². The van der Waals surface area contributed by atoms with Gasteiger partial charge in [-0.05, 0) is 79.3 Å². The summed E-state index contributed by atoms with van der Waals surface area (Å²) in [7, 11) is 0. The molecule has 1 aromatic carbocycles. The first-order valence-corrected chi connectivity index (χ1v) is 8.66. The summed E-state index contributed by atoms with van der Waals surface area (Å²) in [5.74, 6) is 0. The van der Waals surface area contributed by atoms with Crippen molar-refractivity contribution in [2.24, 2.45) is 0 Å². The minimum absolute atomic E-state index is 0.531. The van der Waals surface area contributed by atoms with Crippen molar-refractivity contribution < 1.29 is 5.11 Å². The highest BCUT2D eigenvalue weighted by molar-refractivity contribution is 9.13. The first-order valence-electron chi connectivity index (χ1n) is 6.28. The number of aliphatic hydroxyl groups excluding tert-OH is 1. The average molecular weight is 467 g/mol. The molecule has 1 N–H and O–H groups in total. The van der Waals surface area contributed by atoms with Gasteiger partial charge in [0, 0.05) is 21.9 Å². The fraction of sp³-hybridized carbons (Fsp3) is 0.357. The van der Waals surface area contributed by atoms with E-state index < -0.39 is 6.10 Å². The van der Waals surface area contributed by atoms with Crippen LogP contribution in [0.5, 0.6) is 0 Å². The monoisotopic (exact) mass is 464 g/mol. The predicted molar refractivity (Wildman–Crippen MR) is 90.8 cm³/mol. The zero-order valence-corrected chi connectivity index (χ0v) is 16.0. The average Bonchev–Trinajstić information content (AvgIpc) is 2.69. The van der Waals surface area contributed by atoms with Gasteiger partial charge in [0.1, 0.15) is 0 Å². The lowest BCUT2D eigenvalue weighted by Crippen LogP contribution is -2.09. The molecule has 1 aromatic heterocycles. The van der Waals surface area contributed by atoms with Gasteiger partial charge in [-0.15, -0.1) is 0 Å². The highest BCUT2D eigenvalue weighted by Gasteiger charge is 2.17. The van der Waals surface area contributed by atoms with Crippen molar-refractivity contribution >= 4 is 47.8 Å². The summed E-state index contributed by atoms with van der Waals surface area (Å²) in [4.78, 5) is 0. The summed E-state index contributed by atoms with van der Waals surface area (Å²) in [6.45, 7) is 4.80. The molecule has 0 aliphatic heterocycles. The van der Waals surface area contributed by atoms with Crippen LogP contribution in [0.4, 0.5) is 0 Å². The molecule has 0 radical (unpaired) electrons. The van der Waals surface area contributed by atoms with Crippen LogP contribution in [0.25, 0.3) is 0 Å². The van der Waals surface area contributed by atoms with E-state index in [0.717, 1.165) is 36.9 Å². The molecular weight excluding hydrogens is 452 g/mol. The Bertz CT molecular complexity index is 625. The summed E-state index contributed by atoms with van der Waals surface area (Å²) in [6.07, 6.45) is -0.0272. The van der Waals surface area contributed by atoms with Crippen LogP contribution < -0.4 is 0 Å². The van der Waals surface area contributed by atoms with Gasteiger partial charge in [0.25, 0.3) is 0 Å². The maximum absolute atomic E-state index is 10.4. The number of aliphatic hydroxyl groups is 1. The van der Waals surface area contributed by atoms with Gasteiger partial charge in [-0.2, -0.15) is 5.10 Å². The SMILES string of the molecule is CCn1nc(C)c(Br)c1CC(O)c1ccc(Br)c(Br)c1. The standard InChI is InChI=1S/C14H15Br3N2O/c1-3-19-12(14(17)8(2)18-19)7-13(20)9-4-5-10(15)11(16)6-9/h4-6,13,20H,3,7H2,1-2H3. The van der Waals surface area contributed by atoms with Gasteiger partial charge >= 0.3 is 0 Å². The van der Waals surface area contributed by atoms with E-state index in [1.807, 2.05) is 36.7 Å². The molecule has 0 saturated carbocycles. The third-order valence-electron chi connectivity index (χ3n) is 3.17. The molecule has 108 valence electrons. The minimum Gasteiger partial charge on any atom is -0.388 e. The van der Waals surface area contributed by atoms with Crippen LogP contribution in [-0.4, -0.2) is 14.9 Å². The van der Waals surface area contributed by atoms with Gasteiger partial charge in [0.2, 0.25) is 0 Å². The quantitative estimate of drug-likeness (QED) is 0.704. The van der Waals surface area contributed by atoms with E-state index in [9.17, 15) is 5.11 Å². The smallest absolute Gasteiger partial charge is 0.0846 e. The van der Waals surface area contributed by atoms with Gasteiger partial charge in [-0.3, -0.25) is 4.68 Å². The summed E-state index contributed by atoms with van der Waals surface area (Å²) in [5, 5.41) is 14.9. The molecule has 0 aliphatic carbocycles. The Morgan fingerprint density at radius 3 is 2.55 bits per heavy atom. The third kappa shape index (κ3) is 3.35. The van der Waals surface area contributed by atoms with Crippen LogP contribution in [0.2, 0.25) is 0 Å². The van der Waals surface area contributed by atoms with E-state index in [2.05, 4.69) is 52.9 Å². The minimum atomic E-state index is -0.558. The van der Waals surface area contributed by atoms with Crippen LogP contribution in [0.1, 0.15) is 30.0 Å². The summed E-state index contributed by atoms with van der Waals surface area (Å²) in [5.41, 5.74) is 2.86. The van der Waals surface area contributed by atoms with Crippen molar-refractivity contribution in [2.75, 3.05) is 0 Å². The van der Waals surface area contributed by atoms with E-state index in [0.29, 0.717) is 6.42 Å². The lowest BCUT2D eigenvalue weighted by Gasteiger charge is -2.13. The van der Waals surface area contributed by atoms with E-state index in [1.165, 1.54) is 0 Å². The number of rotatable bonds is 4. The molecule has 20 heavy (non-hydrogen) atoms. The first-order chi connectivity index (χ1) is 9.43. The Labute approximate surface area is 143 Å². The molecule has 0 aliphatic rings. The highest BCUT2D eigenvalue weighted by Crippen LogP contribution is 2.30. The number of nitrogens with zero attached hydrogens (tertiary/aromatic N) is 2. The first kappa shape index (κ1) is 16.2. The number of hydrogen-bond donors (Lipinski definition) is 1. The van der Waals surface area contributed by atoms with Crippen LogP contribution >= 0.6 is 47.8 Å². The van der Waals surface area contributed by atoms with Gasteiger partial charge in [0.05, 0.1) is 22.0 Å². The molecule has 2 rings (SSSR count). The molecule has 6 heteroatoms. The van der Waals surface area contributed by atoms with Crippen LogP contribution in [0.15, 0.2) is 31.6 Å². The summed E-state index contributed by atoms with van der Waals surface area (Å²) in [6, 6.07) is 5.79. The van der Waals surface area contributed by atoms with Gasteiger partial charge in [0.15, 0.2) is 0 Å². The molecule has 1 heterocycles. The molecule has 0 amide bonds. The van der Waals surface area contributed by atoms with Gasteiger partial charge in [-0.1, -0.05) is 6.07 Å². The van der Waals surface area contributed by atoms with Crippen molar-refractivity contribution in [3.05, 3.63) is 48.6 Å². The van der Waals surface area contributed by atoms with Crippen molar-refractivity contribution in [1.29, 1.82) is 0 Å².